The summed E-state index contributed by atoms with van der Waals surface area (Å²) < 4.78 is 0. The third-order valence-corrected chi connectivity index (χ3v) is 15.4. The first-order valence-electron chi connectivity index (χ1n) is 32.4. The van der Waals surface area contributed by atoms with Crippen molar-refractivity contribution >= 4 is 76.9 Å². The van der Waals surface area contributed by atoms with Crippen LogP contribution in [0.1, 0.15) is 114 Å². The topological polar surface area (TPSA) is 496 Å². The normalized spacial score (nSPS) is 14.1. The van der Waals surface area contributed by atoms with Crippen LogP contribution in [0.2, 0.25) is 0 Å². The quantitative estimate of drug-likeness (QED) is 0.0245. The zero-order valence-corrected chi connectivity index (χ0v) is 54.5. The van der Waals surface area contributed by atoms with Crippen molar-refractivity contribution in [1.29, 1.82) is 0 Å². The molecule has 11 amide bonds. The number of aromatic hydroxyl groups is 1. The Kier molecular flexibility index (Phi) is 36.9. The summed E-state index contributed by atoms with van der Waals surface area (Å²) in [5.74, 6) is -8.51. The van der Waals surface area contributed by atoms with Crippen LogP contribution in [0.5, 0.6) is 5.75 Å². The first kappa shape index (κ1) is 78.9. The lowest BCUT2D eigenvalue weighted by Crippen LogP contribution is -2.58. The van der Waals surface area contributed by atoms with Gasteiger partial charge in [0.15, 0.2) is 0 Å². The lowest BCUT2D eigenvalue weighted by molar-refractivity contribution is -0.140. The molecule has 4 rings (SSSR count). The van der Waals surface area contributed by atoms with Gasteiger partial charge in [0.2, 0.25) is 65.0 Å². The lowest BCUT2D eigenvalue weighted by atomic mass is 10.0. The molecule has 2 unspecified atom stereocenters. The summed E-state index contributed by atoms with van der Waals surface area (Å²) in [5, 5.41) is 55.2. The summed E-state index contributed by atoms with van der Waals surface area (Å²) in [4.78, 5) is 185. The van der Waals surface area contributed by atoms with Gasteiger partial charge < -0.3 is 89.1 Å². The molecule has 1 aromatic carbocycles. The molecule has 0 radical (unpaired) electrons. The number of amides is 11. The molecule has 34 nitrogen and oxygen atoms in total. The van der Waals surface area contributed by atoms with Gasteiger partial charge in [-0.25, -0.2) is 9.97 Å². The van der Waals surface area contributed by atoms with Crippen LogP contribution in [0.3, 0.4) is 0 Å². The molecule has 1 saturated heterocycles. The zero-order valence-electron chi connectivity index (χ0n) is 54.5. The van der Waals surface area contributed by atoms with E-state index >= 15 is 0 Å². The molecule has 0 saturated carbocycles. The highest BCUT2D eigenvalue weighted by molar-refractivity contribution is 5.95. The van der Waals surface area contributed by atoms with Crippen LogP contribution in [0.25, 0.3) is 0 Å². The van der Waals surface area contributed by atoms with Crippen LogP contribution in [0.15, 0.2) is 49.3 Å². The van der Waals surface area contributed by atoms with Gasteiger partial charge in [0.05, 0.1) is 38.8 Å². The summed E-state index contributed by atoms with van der Waals surface area (Å²) >= 11 is 0. The fourth-order valence-corrected chi connectivity index (χ4v) is 9.96. The molecule has 1 aliphatic rings. The van der Waals surface area contributed by atoms with Crippen molar-refractivity contribution in [2.24, 2.45) is 5.73 Å². The SMILES string of the molecule is C[C@@H](NC(=O)CCCCCN1CCN(CC(=O)O)CCN(CC(=O)O)CC1)C(=O)NC(CCCCNC(=O)CNC(=O)CCC(=O)NCCc1cnc[nH]1)C(=O)N[C@H](Cc1ccc(O)cc1)C(=O)NC(CCCCNC(=O)CNC(=O)CCC(=O)NCCc1cnc[nH]1)C(N)=O. The predicted molar refractivity (Wildman–Crippen MR) is 346 cm³/mol. The Morgan fingerprint density at radius 1 is 0.479 bits per heavy atom. The number of nitrogens with zero attached hydrogens (tertiary/aromatic N) is 5. The maximum absolute atomic E-state index is 14.4. The van der Waals surface area contributed by atoms with E-state index in [9.17, 15) is 77.6 Å². The molecule has 3 heterocycles. The second-order valence-electron chi connectivity index (χ2n) is 23.3. The summed E-state index contributed by atoms with van der Waals surface area (Å²) in [6.45, 7) is 4.80. The third kappa shape index (κ3) is 35.1. The van der Waals surface area contributed by atoms with Crippen LogP contribution in [0.4, 0.5) is 0 Å². The second kappa shape index (κ2) is 44.9. The van der Waals surface area contributed by atoms with E-state index in [2.05, 4.69) is 78.0 Å². The number of phenolic OH excluding ortho intramolecular Hbond substituents is 1. The Labute approximate surface area is 556 Å². The highest BCUT2D eigenvalue weighted by atomic mass is 16.4. The number of unbranched alkanes of at least 4 members (excludes halogenated alkanes) is 4. The number of imidazole rings is 2. The van der Waals surface area contributed by atoms with E-state index in [0.717, 1.165) is 11.4 Å². The van der Waals surface area contributed by atoms with Gasteiger partial charge >= 0.3 is 11.9 Å². The smallest absolute Gasteiger partial charge is 0.317 e. The van der Waals surface area contributed by atoms with Crippen LogP contribution >= 0.6 is 0 Å². The number of hydrogen-bond acceptors (Lipinski definition) is 19. The molecule has 2 aromatic heterocycles. The first-order valence-corrected chi connectivity index (χ1v) is 32.4. The molecule has 4 atom stereocenters. The van der Waals surface area contributed by atoms with Crippen molar-refractivity contribution in [3.8, 4) is 5.75 Å². The number of nitrogens with one attached hydrogen (secondary N) is 12. The van der Waals surface area contributed by atoms with Gasteiger partial charge in [0, 0.05) is 141 Å². The number of aliphatic carboxylic acids is 2. The average Bonchev–Trinajstić information content (AvgIpc) is 1.04. The second-order valence-corrected chi connectivity index (χ2v) is 23.3. The number of nitrogens with two attached hydrogens (primary N) is 1. The van der Waals surface area contributed by atoms with Crippen molar-refractivity contribution < 1.29 is 77.6 Å². The molecule has 0 spiro atoms. The first-order chi connectivity index (χ1) is 46.0. The number of rotatable bonds is 46. The van der Waals surface area contributed by atoms with Crippen LogP contribution in [0, 0.1) is 0 Å². The molecule has 1 aliphatic heterocycles. The minimum atomic E-state index is -1.40. The Bertz CT molecular complexity index is 2930. The number of carboxylic acid groups (broad SMARTS) is 2. The fraction of sp³-hybridized carbons (Fsp3) is 0.597. The van der Waals surface area contributed by atoms with Crippen LogP contribution in [-0.4, -0.2) is 249 Å². The van der Waals surface area contributed by atoms with Crippen molar-refractivity contribution in [3.05, 3.63) is 66.3 Å². The summed E-state index contributed by atoms with van der Waals surface area (Å²) in [6, 6.07) is 0.630. The standard InChI is InChI=1S/C62H96N18O16/c1-42(74-54(86)11-3-2-8-26-78-27-29-79(38-57(89)90)31-32-80(30-28-78)39-58(91)92)60(94)76-48(10-5-7-23-67-56(88)37-71-53(85)19-17-51(83)69-25-21-45-35-65-41-73-45)61(95)77-49(33-43-12-14-46(81)15-13-43)62(96)75-47(59(63)93)9-4-6-22-66-55(87)36-70-52(84)18-16-50(82)68-24-20-44-34-64-40-72-44/h12-15,34-35,40-42,47-49,81H,2-11,16-33,36-39H2,1H3,(H2,63,93)(H,64,72)(H,65,73)(H,66,87)(H,67,88)(H,68,82)(H,69,83)(H,70,84)(H,71,85)(H,74,86)(H,75,96)(H,76,94)(H,77,95)(H,89,90)(H,91,92)/t42-,47?,48?,49-/m1/s1. The summed E-state index contributed by atoms with van der Waals surface area (Å²) in [7, 11) is 0. The Morgan fingerprint density at radius 2 is 0.917 bits per heavy atom. The van der Waals surface area contributed by atoms with Crippen LogP contribution in [-0.2, 0) is 81.6 Å². The van der Waals surface area contributed by atoms with E-state index < -0.39 is 89.3 Å². The molecule has 3 aromatic rings. The number of primary amides is 1. The predicted octanol–water partition coefficient (Wildman–Crippen LogP) is -3.44. The number of benzene rings is 1. The van der Waals surface area contributed by atoms with Crippen molar-refractivity contribution in [2.45, 2.75) is 140 Å². The van der Waals surface area contributed by atoms with Crippen LogP contribution < -0.4 is 58.9 Å². The van der Waals surface area contributed by atoms with Gasteiger partial charge in [0.1, 0.15) is 29.9 Å². The number of phenols is 1. The number of aromatic amines is 2. The Balaban J connectivity index is 1.32. The maximum atomic E-state index is 14.4. The molecule has 0 aliphatic carbocycles. The summed E-state index contributed by atoms with van der Waals surface area (Å²) in [5.41, 5.74) is 7.91. The monoisotopic (exact) mass is 1350 g/mol. The minimum absolute atomic E-state index is 0.0153. The van der Waals surface area contributed by atoms with Gasteiger partial charge in [0.25, 0.3) is 0 Å². The number of aromatic nitrogens is 4. The lowest BCUT2D eigenvalue weighted by Gasteiger charge is -2.26. The van der Waals surface area contributed by atoms with Gasteiger partial charge in [-0.2, -0.15) is 0 Å². The molecule has 34 heteroatoms. The fourth-order valence-electron chi connectivity index (χ4n) is 9.96. The van der Waals surface area contributed by atoms with E-state index in [4.69, 9.17) is 5.73 Å². The van der Waals surface area contributed by atoms with E-state index in [0.29, 0.717) is 103 Å². The number of H-pyrrole nitrogens is 2. The Morgan fingerprint density at radius 3 is 1.39 bits per heavy atom. The van der Waals surface area contributed by atoms with Crippen molar-refractivity contribution in [3.63, 3.8) is 0 Å². The van der Waals surface area contributed by atoms with Gasteiger partial charge in [-0.05, 0) is 82.5 Å². The third-order valence-electron chi connectivity index (χ3n) is 15.4. The number of hydrogen-bond donors (Lipinski definition) is 16. The van der Waals surface area contributed by atoms with E-state index in [1.165, 1.54) is 43.8 Å². The number of carboxylic acids is 2. The highest BCUT2D eigenvalue weighted by Gasteiger charge is 2.31. The maximum Gasteiger partial charge on any atom is 0.317 e. The van der Waals surface area contributed by atoms with Crippen molar-refractivity contribution in [2.75, 3.05) is 98.2 Å². The van der Waals surface area contributed by atoms with Gasteiger partial charge in [-0.3, -0.25) is 72.1 Å². The highest BCUT2D eigenvalue weighted by Crippen LogP contribution is 2.14. The molecular weight excluding hydrogens is 1250 g/mol. The number of carbonyl (C=O) groups is 13. The van der Waals surface area contributed by atoms with E-state index in [1.54, 1.807) is 22.2 Å². The van der Waals surface area contributed by atoms with Gasteiger partial charge in [-0.1, -0.05) is 18.6 Å². The molecule has 530 valence electrons. The zero-order chi connectivity index (χ0) is 70.0. The molecular formula is C62H96N18O16. The van der Waals surface area contributed by atoms with E-state index in [-0.39, 0.29) is 127 Å². The molecule has 96 heavy (non-hydrogen) atoms. The number of carbonyl (C=O) groups excluding carboxylic acids is 11. The molecule has 17 N–H and O–H groups in total. The largest absolute Gasteiger partial charge is 0.508 e. The van der Waals surface area contributed by atoms with E-state index in [1.807, 2.05) is 0 Å². The minimum Gasteiger partial charge on any atom is -0.508 e. The average molecular weight is 1350 g/mol. The Hall–Kier alpha value is -9.57. The van der Waals surface area contributed by atoms with Gasteiger partial charge in [-0.15, -0.1) is 0 Å². The summed E-state index contributed by atoms with van der Waals surface area (Å²) in [6.07, 6.45) is 9.60. The van der Waals surface area contributed by atoms with Crippen molar-refractivity contribution in [1.82, 2.24) is 87.8 Å². The molecule has 0 bridgehead atoms. The molecule has 1 fully saturated rings.